The van der Waals surface area contributed by atoms with Gasteiger partial charge in [-0.15, -0.1) is 6.58 Å². The molecule has 18 heavy (non-hydrogen) atoms. The molecule has 2 N–H and O–H groups in total. The van der Waals surface area contributed by atoms with E-state index in [1.165, 1.54) is 7.11 Å². The van der Waals surface area contributed by atoms with Gasteiger partial charge in [0.1, 0.15) is 6.10 Å². The lowest BCUT2D eigenvalue weighted by Crippen LogP contribution is -2.15. The maximum atomic E-state index is 11.5. The Balaban J connectivity index is 3.04. The van der Waals surface area contributed by atoms with Crippen molar-refractivity contribution in [3.05, 3.63) is 30.0 Å². The molecule has 0 aromatic carbocycles. The second-order valence-electron chi connectivity index (χ2n) is 3.99. The van der Waals surface area contributed by atoms with Crippen molar-refractivity contribution < 1.29 is 14.3 Å². The summed E-state index contributed by atoms with van der Waals surface area (Å²) in [5.74, 6) is -0.187. The molecule has 0 spiro atoms. The van der Waals surface area contributed by atoms with Crippen LogP contribution >= 0.6 is 0 Å². The molecule has 0 bridgehead atoms. The van der Waals surface area contributed by atoms with Crippen molar-refractivity contribution in [3.8, 4) is 5.88 Å². The Morgan fingerprint density at radius 2 is 2.33 bits per heavy atom. The molecule has 0 saturated heterocycles. The zero-order chi connectivity index (χ0) is 13.7. The van der Waals surface area contributed by atoms with Crippen molar-refractivity contribution in [1.82, 2.24) is 4.98 Å². The number of aromatic nitrogens is 1. The lowest BCUT2D eigenvalue weighted by atomic mass is 10.2. The number of hydrogen-bond donors (Lipinski definition) is 1. The molecular weight excluding hydrogens is 232 g/mol. The number of anilines is 1. The molecule has 0 amide bonds. The zero-order valence-corrected chi connectivity index (χ0v) is 10.9. The highest BCUT2D eigenvalue weighted by atomic mass is 16.5. The molecule has 0 unspecified atom stereocenters. The van der Waals surface area contributed by atoms with Crippen LogP contribution in [0.15, 0.2) is 18.7 Å². The Hall–Kier alpha value is -2.04. The predicted molar refractivity (Wildman–Crippen MR) is 69.6 cm³/mol. The fourth-order valence-electron chi connectivity index (χ4n) is 1.47. The first-order valence-corrected chi connectivity index (χ1v) is 5.62. The van der Waals surface area contributed by atoms with Gasteiger partial charge in [0.2, 0.25) is 5.88 Å². The van der Waals surface area contributed by atoms with Crippen molar-refractivity contribution in [2.75, 3.05) is 12.8 Å². The fourth-order valence-corrected chi connectivity index (χ4v) is 1.47. The first kappa shape index (κ1) is 14.0. The van der Waals surface area contributed by atoms with E-state index in [0.29, 0.717) is 12.3 Å². The van der Waals surface area contributed by atoms with Crippen LogP contribution in [0.5, 0.6) is 5.88 Å². The van der Waals surface area contributed by atoms with E-state index in [2.05, 4.69) is 16.3 Å². The Labute approximate surface area is 107 Å². The van der Waals surface area contributed by atoms with Crippen LogP contribution in [0.1, 0.15) is 29.4 Å². The third-order valence-electron chi connectivity index (χ3n) is 2.39. The molecule has 0 aliphatic carbocycles. The monoisotopic (exact) mass is 250 g/mol. The minimum atomic E-state index is -0.575. The number of nitrogens with two attached hydrogens (primary N) is 1. The van der Waals surface area contributed by atoms with Gasteiger partial charge in [-0.1, -0.05) is 6.08 Å². The summed E-state index contributed by atoms with van der Waals surface area (Å²) in [5.41, 5.74) is 6.85. The molecule has 98 valence electrons. The molecule has 1 aromatic rings. The van der Waals surface area contributed by atoms with E-state index < -0.39 is 5.97 Å². The van der Waals surface area contributed by atoms with Gasteiger partial charge < -0.3 is 15.2 Å². The van der Waals surface area contributed by atoms with Crippen LogP contribution < -0.4 is 10.5 Å². The van der Waals surface area contributed by atoms with Crippen molar-refractivity contribution in [2.45, 2.75) is 26.4 Å². The Bertz CT molecular complexity index is 458. The molecule has 1 atom stereocenters. The summed E-state index contributed by atoms with van der Waals surface area (Å²) in [6.07, 6.45) is 2.39. The van der Waals surface area contributed by atoms with Crippen molar-refractivity contribution in [3.63, 3.8) is 0 Å². The minimum absolute atomic E-state index is 0.0668. The molecule has 0 aliphatic rings. The second-order valence-corrected chi connectivity index (χ2v) is 3.99. The Kier molecular flexibility index (Phi) is 4.71. The summed E-state index contributed by atoms with van der Waals surface area (Å²) >= 11 is 0. The second kappa shape index (κ2) is 6.05. The molecule has 0 aliphatic heterocycles. The number of rotatable bonds is 5. The third kappa shape index (κ3) is 3.23. The number of nitrogens with zero attached hydrogens (tertiary/aromatic N) is 1. The van der Waals surface area contributed by atoms with Gasteiger partial charge in [0, 0.05) is 12.0 Å². The van der Waals surface area contributed by atoms with Gasteiger partial charge in [-0.25, -0.2) is 9.78 Å². The predicted octanol–water partition coefficient (Wildman–Crippen LogP) is 2.10. The van der Waals surface area contributed by atoms with Crippen LogP contribution in [-0.2, 0) is 4.74 Å². The third-order valence-corrected chi connectivity index (χ3v) is 2.39. The number of ether oxygens (including phenoxy) is 2. The maximum Gasteiger partial charge on any atom is 0.358 e. The van der Waals surface area contributed by atoms with Gasteiger partial charge in [0.05, 0.1) is 12.8 Å². The topological polar surface area (TPSA) is 74.4 Å². The minimum Gasteiger partial charge on any atom is -0.474 e. The summed E-state index contributed by atoms with van der Waals surface area (Å²) in [6.45, 7) is 7.36. The Morgan fingerprint density at radius 3 is 2.89 bits per heavy atom. The molecule has 0 fully saturated rings. The first-order chi connectivity index (χ1) is 8.49. The van der Waals surface area contributed by atoms with E-state index in [-0.39, 0.29) is 17.5 Å². The van der Waals surface area contributed by atoms with Gasteiger partial charge >= 0.3 is 5.97 Å². The average molecular weight is 250 g/mol. The number of carbonyl (C=O) groups excluding carboxylic acids is 1. The molecule has 1 heterocycles. The van der Waals surface area contributed by atoms with E-state index in [4.69, 9.17) is 10.5 Å². The number of methoxy groups -OCH3 is 1. The van der Waals surface area contributed by atoms with Crippen molar-refractivity contribution >= 4 is 11.7 Å². The lowest BCUT2D eigenvalue weighted by molar-refractivity contribution is 0.0593. The highest BCUT2D eigenvalue weighted by molar-refractivity contribution is 5.93. The van der Waals surface area contributed by atoms with Crippen molar-refractivity contribution in [2.24, 2.45) is 0 Å². The van der Waals surface area contributed by atoms with Gasteiger partial charge in [0.15, 0.2) is 5.69 Å². The first-order valence-electron chi connectivity index (χ1n) is 5.62. The smallest absolute Gasteiger partial charge is 0.358 e. The molecule has 5 heteroatoms. The number of esters is 1. The SMILES string of the molecule is C=CC[C@@H](C)Oc1nc(C(=O)OC)c(N)cc1C. The highest BCUT2D eigenvalue weighted by Crippen LogP contribution is 2.22. The van der Waals surface area contributed by atoms with E-state index >= 15 is 0 Å². The van der Waals surface area contributed by atoms with E-state index in [1.807, 2.05) is 13.8 Å². The summed E-state index contributed by atoms with van der Waals surface area (Å²) in [4.78, 5) is 15.6. The fraction of sp³-hybridized carbons (Fsp3) is 0.385. The standard InChI is InChI=1S/C13H18N2O3/c1-5-6-9(3)18-12-8(2)7-10(14)11(15-12)13(16)17-4/h5,7,9H,1,6,14H2,2-4H3/t9-/m1/s1. The summed E-state index contributed by atoms with van der Waals surface area (Å²) < 4.78 is 10.2. The number of carbonyl (C=O) groups is 1. The largest absolute Gasteiger partial charge is 0.474 e. The molecule has 1 aromatic heterocycles. The van der Waals surface area contributed by atoms with Gasteiger partial charge in [-0.05, 0) is 19.9 Å². The molecule has 0 saturated carbocycles. The maximum absolute atomic E-state index is 11.5. The molecular formula is C13H18N2O3. The van der Waals surface area contributed by atoms with Crippen molar-refractivity contribution in [1.29, 1.82) is 0 Å². The van der Waals surface area contributed by atoms with Gasteiger partial charge in [-0.2, -0.15) is 0 Å². The summed E-state index contributed by atoms with van der Waals surface area (Å²) in [6, 6.07) is 1.65. The average Bonchev–Trinajstić information content (AvgIpc) is 2.32. The summed E-state index contributed by atoms with van der Waals surface area (Å²) in [7, 11) is 1.28. The van der Waals surface area contributed by atoms with Gasteiger partial charge in [0.25, 0.3) is 0 Å². The molecule has 5 nitrogen and oxygen atoms in total. The van der Waals surface area contributed by atoms with Crippen LogP contribution in [0, 0.1) is 6.92 Å². The Morgan fingerprint density at radius 1 is 1.67 bits per heavy atom. The molecule has 1 rings (SSSR count). The van der Waals surface area contributed by atoms with Crippen LogP contribution in [0.25, 0.3) is 0 Å². The van der Waals surface area contributed by atoms with E-state index in [9.17, 15) is 4.79 Å². The quantitative estimate of drug-likeness (QED) is 0.640. The highest BCUT2D eigenvalue weighted by Gasteiger charge is 2.16. The number of nitrogen functional groups attached to an aromatic ring is 1. The van der Waals surface area contributed by atoms with E-state index in [1.54, 1.807) is 12.1 Å². The molecule has 0 radical (unpaired) electrons. The van der Waals surface area contributed by atoms with E-state index in [0.717, 1.165) is 5.56 Å². The number of aryl methyl sites for hydroxylation is 1. The normalized spacial score (nSPS) is 11.7. The van der Waals surface area contributed by atoms with Gasteiger partial charge in [-0.3, -0.25) is 0 Å². The summed E-state index contributed by atoms with van der Waals surface area (Å²) in [5, 5.41) is 0. The zero-order valence-electron chi connectivity index (χ0n) is 10.9. The van der Waals surface area contributed by atoms with Crippen LogP contribution in [-0.4, -0.2) is 24.2 Å². The van der Waals surface area contributed by atoms with Crippen LogP contribution in [0.4, 0.5) is 5.69 Å². The number of hydrogen-bond acceptors (Lipinski definition) is 5. The number of pyridine rings is 1. The van der Waals surface area contributed by atoms with Crippen LogP contribution in [0.2, 0.25) is 0 Å². The lowest BCUT2D eigenvalue weighted by Gasteiger charge is -2.15. The van der Waals surface area contributed by atoms with Crippen LogP contribution in [0.3, 0.4) is 0 Å².